The minimum absolute atomic E-state index is 0.114. The van der Waals surface area contributed by atoms with Crippen LogP contribution in [0.4, 0.5) is 26.3 Å². The SMILES string of the molecule is COc1ccc(C(c2ccc(Oc3ccc(-c4cc(-c5ccccc5)c5c(n4)=CC=CCC=5)cc3)cp2)(C(F)(F)F)C(F)(F)F)cc1. The summed E-state index contributed by atoms with van der Waals surface area (Å²) in [6, 6.07) is 24.7. The van der Waals surface area contributed by atoms with Crippen LogP contribution >= 0.6 is 8.19 Å². The molecule has 3 nitrogen and oxygen atoms in total. The summed E-state index contributed by atoms with van der Waals surface area (Å²) in [5, 5.41) is 0.989. The molecule has 2 heterocycles. The number of ether oxygens (including phenoxy) is 2. The first-order chi connectivity index (χ1) is 22.5. The zero-order chi connectivity index (χ0) is 33.2. The van der Waals surface area contributed by atoms with E-state index in [4.69, 9.17) is 14.5 Å². The number of methoxy groups -OCH3 is 1. The number of aromatic nitrogens is 1. The lowest BCUT2D eigenvalue weighted by atomic mass is 9.77. The largest absolute Gasteiger partial charge is 0.497 e. The lowest BCUT2D eigenvalue weighted by Gasteiger charge is -2.38. The van der Waals surface area contributed by atoms with Crippen molar-refractivity contribution in [3.63, 3.8) is 0 Å². The minimum Gasteiger partial charge on any atom is -0.497 e. The summed E-state index contributed by atoms with van der Waals surface area (Å²) in [6.45, 7) is 0. The van der Waals surface area contributed by atoms with E-state index < -0.39 is 28.6 Å². The van der Waals surface area contributed by atoms with Gasteiger partial charge in [-0.05, 0) is 83.8 Å². The zero-order valence-corrected chi connectivity index (χ0v) is 25.7. The molecule has 0 atom stereocenters. The molecule has 0 spiro atoms. The number of nitrogens with zero attached hydrogens (tertiary/aromatic N) is 1. The molecular formula is C37H26F6NO2P. The number of hydrogen-bond acceptors (Lipinski definition) is 3. The number of hydrogen-bond donors (Lipinski definition) is 0. The summed E-state index contributed by atoms with van der Waals surface area (Å²) in [6.07, 6.45) is -2.42. The number of allylic oxidation sites excluding steroid dienone is 2. The van der Waals surface area contributed by atoms with Crippen LogP contribution < -0.4 is 20.0 Å². The van der Waals surface area contributed by atoms with E-state index in [2.05, 4.69) is 12.2 Å². The Labute approximate surface area is 268 Å². The molecule has 1 aliphatic carbocycles. The normalized spacial score (nSPS) is 13.3. The summed E-state index contributed by atoms with van der Waals surface area (Å²) in [5.74, 6) is 1.80. The van der Waals surface area contributed by atoms with Crippen molar-refractivity contribution in [1.29, 1.82) is 0 Å². The summed E-state index contributed by atoms with van der Waals surface area (Å²) >= 11 is 0. The molecule has 0 saturated heterocycles. The van der Waals surface area contributed by atoms with Crippen molar-refractivity contribution in [1.82, 2.24) is 4.98 Å². The van der Waals surface area contributed by atoms with Gasteiger partial charge in [-0.3, -0.25) is 0 Å². The fourth-order valence-electron chi connectivity index (χ4n) is 5.60. The Hall–Kier alpha value is -4.88. The number of pyridine rings is 1. The van der Waals surface area contributed by atoms with E-state index in [0.29, 0.717) is 5.75 Å². The minimum atomic E-state index is -5.68. The number of alkyl halides is 6. The average molecular weight is 662 g/mol. The summed E-state index contributed by atoms with van der Waals surface area (Å²) in [4.78, 5) is 4.88. The van der Waals surface area contributed by atoms with Gasteiger partial charge in [0.2, 0.25) is 5.41 Å². The van der Waals surface area contributed by atoms with Crippen LogP contribution in [0.3, 0.4) is 0 Å². The highest BCUT2D eigenvalue weighted by molar-refractivity contribution is 7.30. The van der Waals surface area contributed by atoms with Crippen LogP contribution in [0.15, 0.2) is 115 Å². The molecule has 5 aromatic rings. The van der Waals surface area contributed by atoms with E-state index >= 15 is 0 Å². The molecule has 0 radical (unpaired) electrons. The Kier molecular flexibility index (Phi) is 8.68. The van der Waals surface area contributed by atoms with Gasteiger partial charge in [0.1, 0.15) is 17.2 Å². The summed E-state index contributed by atoms with van der Waals surface area (Å²) < 4.78 is 97.8. The number of rotatable bonds is 7. The highest BCUT2D eigenvalue weighted by atomic mass is 31.0. The summed E-state index contributed by atoms with van der Waals surface area (Å²) in [5.41, 5.74) is -1.54. The maximum absolute atomic E-state index is 14.5. The Morgan fingerprint density at radius 2 is 1.38 bits per heavy atom. The van der Waals surface area contributed by atoms with E-state index in [1.54, 1.807) is 24.3 Å². The molecule has 2 aromatic heterocycles. The molecule has 3 aromatic carbocycles. The van der Waals surface area contributed by atoms with E-state index in [1.807, 2.05) is 48.6 Å². The second-order valence-corrected chi connectivity index (χ2v) is 11.7. The van der Waals surface area contributed by atoms with Gasteiger partial charge in [-0.1, -0.05) is 68.9 Å². The maximum Gasteiger partial charge on any atom is 0.411 e. The average Bonchev–Trinajstić information content (AvgIpc) is 3.31. The van der Waals surface area contributed by atoms with E-state index in [-0.39, 0.29) is 19.7 Å². The number of benzene rings is 3. The molecule has 0 N–H and O–H groups in total. The molecular weight excluding hydrogens is 635 g/mol. The molecule has 6 rings (SSSR count). The van der Waals surface area contributed by atoms with Gasteiger partial charge in [0.15, 0.2) is 0 Å². The second-order valence-electron chi connectivity index (χ2n) is 10.7. The van der Waals surface area contributed by atoms with Crippen molar-refractivity contribution in [2.45, 2.75) is 24.2 Å². The third-order valence-corrected chi connectivity index (χ3v) is 9.05. The van der Waals surface area contributed by atoms with Crippen molar-refractivity contribution >= 4 is 20.3 Å². The van der Waals surface area contributed by atoms with Crippen LogP contribution in [0, 0.1) is 0 Å². The van der Waals surface area contributed by atoms with Crippen LogP contribution in [0.5, 0.6) is 17.2 Å². The van der Waals surface area contributed by atoms with Gasteiger partial charge in [0, 0.05) is 21.9 Å². The highest BCUT2D eigenvalue weighted by Gasteiger charge is 2.72. The van der Waals surface area contributed by atoms with Crippen molar-refractivity contribution in [3.05, 3.63) is 136 Å². The molecule has 1 aliphatic rings. The van der Waals surface area contributed by atoms with Gasteiger partial charge in [-0.2, -0.15) is 26.3 Å². The number of fused-ring (bicyclic) bond motifs is 1. The van der Waals surface area contributed by atoms with Crippen LogP contribution in [0.1, 0.15) is 17.3 Å². The van der Waals surface area contributed by atoms with E-state index in [1.165, 1.54) is 12.9 Å². The molecule has 47 heavy (non-hydrogen) atoms. The van der Waals surface area contributed by atoms with Gasteiger partial charge < -0.3 is 9.47 Å². The molecule has 0 bridgehead atoms. The predicted molar refractivity (Wildman–Crippen MR) is 172 cm³/mol. The third-order valence-electron chi connectivity index (χ3n) is 7.90. The van der Waals surface area contributed by atoms with Crippen molar-refractivity contribution in [2.75, 3.05) is 7.11 Å². The molecule has 238 valence electrons. The second kappa shape index (κ2) is 12.7. The Balaban J connectivity index is 1.31. The molecule has 10 heteroatoms. The van der Waals surface area contributed by atoms with E-state index in [9.17, 15) is 26.3 Å². The lowest BCUT2D eigenvalue weighted by molar-refractivity contribution is -0.287. The Bertz CT molecular complexity index is 2010. The quantitative estimate of drug-likeness (QED) is 0.163. The first-order valence-electron chi connectivity index (χ1n) is 14.5. The Morgan fingerprint density at radius 3 is 2.00 bits per heavy atom. The molecule has 0 amide bonds. The molecule has 0 fully saturated rings. The van der Waals surface area contributed by atoms with Crippen molar-refractivity contribution < 1.29 is 35.8 Å². The van der Waals surface area contributed by atoms with Crippen LogP contribution in [0.25, 0.3) is 34.5 Å². The van der Waals surface area contributed by atoms with Crippen LogP contribution in [-0.2, 0) is 5.41 Å². The van der Waals surface area contributed by atoms with Crippen molar-refractivity contribution in [3.8, 4) is 39.6 Å². The fourth-order valence-corrected chi connectivity index (χ4v) is 6.75. The first kappa shape index (κ1) is 32.1. The van der Waals surface area contributed by atoms with Gasteiger partial charge in [0.05, 0.1) is 18.2 Å². The van der Waals surface area contributed by atoms with Crippen LogP contribution in [0.2, 0.25) is 0 Å². The maximum atomic E-state index is 14.5. The van der Waals surface area contributed by atoms with Gasteiger partial charge in [-0.25, -0.2) is 4.98 Å². The van der Waals surface area contributed by atoms with Crippen LogP contribution in [-0.4, -0.2) is 24.4 Å². The fraction of sp³-hybridized carbons (Fsp3) is 0.135. The van der Waals surface area contributed by atoms with Gasteiger partial charge >= 0.3 is 12.4 Å². The standard InChI is InChI=1S/C37H26F6NO2P/c1-45-27-18-14-26(15-19-27)35(36(38,39)40,37(41,42)43)34-21-20-29(23-47-34)46-28-16-12-25(13-17-28)33-22-31(24-8-4-2-5-9-24)30-10-6-3-7-11-32(30)44-33/h2-5,7-23H,6H2,1H3. The van der Waals surface area contributed by atoms with E-state index in [0.717, 1.165) is 75.8 Å². The molecule has 0 unspecified atom stereocenters. The summed E-state index contributed by atoms with van der Waals surface area (Å²) in [7, 11) is 0.963. The number of halogens is 6. The Morgan fingerprint density at radius 1 is 0.723 bits per heavy atom. The highest BCUT2D eigenvalue weighted by Crippen LogP contribution is 2.58. The zero-order valence-electron chi connectivity index (χ0n) is 24.8. The lowest BCUT2D eigenvalue weighted by Crippen LogP contribution is -2.54. The monoisotopic (exact) mass is 661 g/mol. The molecule has 0 saturated carbocycles. The smallest absolute Gasteiger partial charge is 0.411 e. The third kappa shape index (κ3) is 6.15. The first-order valence-corrected chi connectivity index (χ1v) is 15.4. The van der Waals surface area contributed by atoms with Gasteiger partial charge in [-0.15, -0.1) is 0 Å². The van der Waals surface area contributed by atoms with Crippen molar-refractivity contribution in [2.24, 2.45) is 0 Å². The molecule has 0 aliphatic heterocycles. The predicted octanol–water partition coefficient (Wildman–Crippen LogP) is 9.73. The topological polar surface area (TPSA) is 31.4 Å². The van der Waals surface area contributed by atoms with Gasteiger partial charge in [0.25, 0.3) is 0 Å².